The van der Waals surface area contributed by atoms with E-state index in [0.717, 1.165) is 17.2 Å². The molecule has 1 aromatic heterocycles. The Morgan fingerprint density at radius 2 is 2.12 bits per heavy atom. The number of nitrogens with zero attached hydrogens (tertiary/aromatic N) is 4. The Hall–Kier alpha value is -2.90. The number of carbonyl (C=O) groups is 2. The molecular weight excluding hydrogens is 484 g/mol. The van der Waals surface area contributed by atoms with Crippen molar-refractivity contribution >= 4 is 29.2 Å². The zero-order chi connectivity index (χ0) is 24.6. The van der Waals surface area contributed by atoms with Crippen LogP contribution < -0.4 is 10.6 Å². The average Bonchev–Trinajstić information content (AvgIpc) is 3.09. The van der Waals surface area contributed by atoms with Gasteiger partial charge in [0.05, 0.1) is 31.0 Å². The third kappa shape index (κ3) is 4.81. The number of alkyl halides is 2. The summed E-state index contributed by atoms with van der Waals surface area (Å²) < 4.78 is 53.9. The van der Waals surface area contributed by atoms with Crippen LogP contribution in [-0.2, 0) is 24.3 Å². The Morgan fingerprint density at radius 3 is 2.85 bits per heavy atom. The molecule has 0 spiro atoms. The highest BCUT2D eigenvalue weighted by atomic mass is 35.5. The largest absolute Gasteiger partial charge is 0.322 e. The molecule has 14 heteroatoms. The highest BCUT2D eigenvalue weighted by Gasteiger charge is 2.35. The van der Waals surface area contributed by atoms with Gasteiger partial charge in [-0.1, -0.05) is 11.6 Å². The second-order valence-corrected chi connectivity index (χ2v) is 8.24. The summed E-state index contributed by atoms with van der Waals surface area (Å²) in [5.74, 6) is -2.54. The van der Waals surface area contributed by atoms with E-state index in [4.69, 9.17) is 16.4 Å². The number of amides is 3. The van der Waals surface area contributed by atoms with E-state index in [1.165, 1.54) is 16.6 Å². The maximum absolute atomic E-state index is 14.2. The molecule has 1 aromatic carbocycles. The van der Waals surface area contributed by atoms with Crippen LogP contribution in [0.25, 0.3) is 0 Å². The molecule has 0 saturated carbocycles. The molecule has 0 saturated heterocycles. The Morgan fingerprint density at radius 1 is 1.35 bits per heavy atom. The van der Waals surface area contributed by atoms with Crippen LogP contribution in [0.3, 0.4) is 0 Å². The molecule has 0 aliphatic carbocycles. The van der Waals surface area contributed by atoms with E-state index >= 15 is 0 Å². The minimum absolute atomic E-state index is 0.0148. The summed E-state index contributed by atoms with van der Waals surface area (Å²) in [4.78, 5) is 32.6. The molecule has 0 bridgehead atoms. The molecule has 1 atom stereocenters. The first-order valence-corrected chi connectivity index (χ1v) is 10.7. The number of hydroxylamine groups is 2. The third-order valence-corrected chi connectivity index (χ3v) is 5.85. The van der Waals surface area contributed by atoms with Crippen LogP contribution in [-0.4, -0.2) is 70.9 Å². The Balaban J connectivity index is 1.52. The van der Waals surface area contributed by atoms with Gasteiger partial charge in [-0.25, -0.2) is 27.4 Å². The number of aromatic nitrogens is 2. The molecule has 184 valence electrons. The van der Waals surface area contributed by atoms with Crippen LogP contribution in [0.5, 0.6) is 0 Å². The monoisotopic (exact) mass is 504 g/mol. The zero-order valence-corrected chi connectivity index (χ0v) is 18.7. The maximum Gasteiger partial charge on any atom is 0.322 e. The van der Waals surface area contributed by atoms with E-state index in [0.29, 0.717) is 17.7 Å². The number of hydrogen-bond donors (Lipinski definition) is 2. The molecule has 3 amide bonds. The standard InChI is InChI=1S/C20H21ClF4N6O3/c1-29-19(32)18-11-9-30(20(33)27-14-3-2-12(22)16(21)17(14)25)5-4-13(11)28-31(18)8-10(34-29)6-26-7-15(23)24/h2-3,10,15,26H,4-9H2,1H3,(H,27,33)/t10-/m0/s1. The van der Waals surface area contributed by atoms with Gasteiger partial charge >= 0.3 is 6.03 Å². The lowest BCUT2D eigenvalue weighted by Crippen LogP contribution is -2.40. The Labute approximate surface area is 196 Å². The van der Waals surface area contributed by atoms with Crippen molar-refractivity contribution in [3.8, 4) is 0 Å². The fourth-order valence-corrected chi connectivity index (χ4v) is 4.05. The molecule has 2 aliphatic rings. The van der Waals surface area contributed by atoms with E-state index in [1.807, 2.05) is 0 Å². The Kier molecular flexibility index (Phi) is 6.96. The van der Waals surface area contributed by atoms with Crippen molar-refractivity contribution in [3.05, 3.63) is 45.7 Å². The third-order valence-electron chi connectivity index (χ3n) is 5.51. The van der Waals surface area contributed by atoms with E-state index in [-0.39, 0.29) is 37.6 Å². The molecule has 2 aliphatic heterocycles. The first-order valence-electron chi connectivity index (χ1n) is 10.4. The number of hydrogen-bond acceptors (Lipinski definition) is 5. The maximum atomic E-state index is 14.2. The van der Waals surface area contributed by atoms with Gasteiger partial charge in [0.15, 0.2) is 5.82 Å². The zero-order valence-electron chi connectivity index (χ0n) is 18.0. The number of anilines is 1. The van der Waals surface area contributed by atoms with Crippen LogP contribution >= 0.6 is 11.6 Å². The van der Waals surface area contributed by atoms with Crippen LogP contribution in [0.1, 0.15) is 21.7 Å². The number of benzene rings is 1. The first kappa shape index (κ1) is 24.2. The first-order chi connectivity index (χ1) is 16.2. The van der Waals surface area contributed by atoms with E-state index < -0.39 is 47.7 Å². The molecule has 2 aromatic rings. The fourth-order valence-electron chi connectivity index (χ4n) is 3.89. The number of fused-ring (bicyclic) bond motifs is 3. The van der Waals surface area contributed by atoms with Gasteiger partial charge in [0.25, 0.3) is 12.3 Å². The average molecular weight is 505 g/mol. The van der Waals surface area contributed by atoms with E-state index in [2.05, 4.69) is 15.7 Å². The van der Waals surface area contributed by atoms with E-state index in [9.17, 15) is 27.2 Å². The number of halogens is 5. The molecule has 0 radical (unpaired) electrons. The molecule has 0 fully saturated rings. The normalized spacial score (nSPS) is 18.1. The van der Waals surface area contributed by atoms with Crippen molar-refractivity contribution in [1.29, 1.82) is 0 Å². The molecule has 9 nitrogen and oxygen atoms in total. The minimum Gasteiger partial charge on any atom is -0.320 e. The number of carbonyl (C=O) groups excluding carboxylic acids is 2. The number of rotatable bonds is 5. The van der Waals surface area contributed by atoms with Gasteiger partial charge in [-0.2, -0.15) is 5.10 Å². The number of urea groups is 1. The molecule has 34 heavy (non-hydrogen) atoms. The van der Waals surface area contributed by atoms with Crippen molar-refractivity contribution in [2.24, 2.45) is 0 Å². The van der Waals surface area contributed by atoms with Crippen molar-refractivity contribution in [1.82, 2.24) is 25.1 Å². The molecule has 0 unspecified atom stereocenters. The summed E-state index contributed by atoms with van der Waals surface area (Å²) in [6, 6.07) is 1.34. The van der Waals surface area contributed by atoms with Gasteiger partial charge in [0, 0.05) is 32.1 Å². The summed E-state index contributed by atoms with van der Waals surface area (Å²) in [5, 5.41) is 9.72. The lowest BCUT2D eigenvalue weighted by Gasteiger charge is -2.27. The van der Waals surface area contributed by atoms with E-state index in [1.54, 1.807) is 0 Å². The van der Waals surface area contributed by atoms with Crippen LogP contribution in [0.15, 0.2) is 12.1 Å². The predicted molar refractivity (Wildman–Crippen MR) is 113 cm³/mol. The Bertz CT molecular complexity index is 1110. The van der Waals surface area contributed by atoms with Gasteiger partial charge in [0.1, 0.15) is 22.6 Å². The van der Waals surface area contributed by atoms with Gasteiger partial charge in [0.2, 0.25) is 0 Å². The molecule has 4 rings (SSSR count). The van der Waals surface area contributed by atoms with Gasteiger partial charge < -0.3 is 15.5 Å². The van der Waals surface area contributed by atoms with Gasteiger partial charge in [-0.05, 0) is 12.1 Å². The van der Waals surface area contributed by atoms with Gasteiger partial charge in [-0.15, -0.1) is 0 Å². The predicted octanol–water partition coefficient (Wildman–Crippen LogP) is 2.65. The lowest BCUT2D eigenvalue weighted by molar-refractivity contribution is -0.146. The summed E-state index contributed by atoms with van der Waals surface area (Å²) in [7, 11) is 1.41. The van der Waals surface area contributed by atoms with Crippen molar-refractivity contribution in [2.75, 3.05) is 32.0 Å². The molecular formula is C20H21ClF4N6O3. The topological polar surface area (TPSA) is 91.7 Å². The highest BCUT2D eigenvalue weighted by molar-refractivity contribution is 6.31. The lowest BCUT2D eigenvalue weighted by atomic mass is 10.1. The minimum atomic E-state index is -2.52. The van der Waals surface area contributed by atoms with Crippen molar-refractivity contribution in [2.45, 2.75) is 32.0 Å². The summed E-state index contributed by atoms with van der Waals surface area (Å²) in [6.07, 6.45) is -2.81. The SMILES string of the molecule is CN1O[C@@H](CNCC(F)F)Cn2nc3c(c2C1=O)CN(C(=O)Nc1ccc(F)c(Cl)c1F)CC3. The smallest absolute Gasteiger partial charge is 0.320 e. The molecule has 2 N–H and O–H groups in total. The second-order valence-electron chi connectivity index (χ2n) is 7.86. The highest BCUT2D eigenvalue weighted by Crippen LogP contribution is 2.28. The van der Waals surface area contributed by atoms with Crippen molar-refractivity contribution < 1.29 is 32.0 Å². The quantitative estimate of drug-likeness (QED) is 0.482. The molecule has 3 heterocycles. The van der Waals surface area contributed by atoms with Crippen molar-refractivity contribution in [3.63, 3.8) is 0 Å². The summed E-state index contributed by atoms with van der Waals surface area (Å²) in [6.45, 7) is -0.0387. The summed E-state index contributed by atoms with van der Waals surface area (Å²) in [5.41, 5.74) is 1.08. The van der Waals surface area contributed by atoms with Crippen LogP contribution in [0.4, 0.5) is 28.0 Å². The van der Waals surface area contributed by atoms with Crippen LogP contribution in [0, 0.1) is 11.6 Å². The number of nitrogens with one attached hydrogen (secondary N) is 2. The fraction of sp³-hybridized carbons (Fsp3) is 0.450. The summed E-state index contributed by atoms with van der Waals surface area (Å²) >= 11 is 5.57. The van der Waals surface area contributed by atoms with Gasteiger partial charge in [-0.3, -0.25) is 14.3 Å². The second kappa shape index (κ2) is 9.76. The van der Waals surface area contributed by atoms with Crippen LogP contribution in [0.2, 0.25) is 5.02 Å².